The van der Waals surface area contributed by atoms with Crippen LogP contribution in [0.4, 0.5) is 0 Å². The van der Waals surface area contributed by atoms with E-state index in [2.05, 4.69) is 42.9 Å². The van der Waals surface area contributed by atoms with Gasteiger partial charge in [0.2, 0.25) is 0 Å². The number of hydrogen-bond acceptors (Lipinski definition) is 0. The van der Waals surface area contributed by atoms with Crippen LogP contribution in [-0.4, -0.2) is 4.57 Å². The van der Waals surface area contributed by atoms with Crippen molar-refractivity contribution in [3.63, 3.8) is 0 Å². The summed E-state index contributed by atoms with van der Waals surface area (Å²) in [4.78, 5) is 0. The third kappa shape index (κ3) is 1.35. The Morgan fingerprint density at radius 3 is 2.33 bits per heavy atom. The highest BCUT2D eigenvalue weighted by Gasteiger charge is 1.96. The number of hydrogen-bond donors (Lipinski definition) is 0. The lowest BCUT2D eigenvalue weighted by Gasteiger charge is -2.09. The molecule has 1 heteroatoms. The zero-order valence-corrected chi connectivity index (χ0v) is 6.04. The van der Waals surface area contributed by atoms with E-state index in [0.29, 0.717) is 6.04 Å². The van der Waals surface area contributed by atoms with Gasteiger partial charge in [0.15, 0.2) is 0 Å². The highest BCUT2D eigenvalue weighted by Crippen LogP contribution is 2.08. The van der Waals surface area contributed by atoms with Crippen molar-refractivity contribution in [2.24, 2.45) is 0 Å². The Labute approximate surface area is 56.3 Å². The second-order valence-corrected chi connectivity index (χ2v) is 2.39. The molecule has 1 heterocycles. The van der Waals surface area contributed by atoms with Crippen LogP contribution >= 0.6 is 0 Å². The Morgan fingerprint density at radius 1 is 1.33 bits per heavy atom. The van der Waals surface area contributed by atoms with Crippen molar-refractivity contribution in [3.8, 4) is 0 Å². The monoisotopic (exact) mass is 123 g/mol. The Morgan fingerprint density at radius 2 is 1.89 bits per heavy atom. The predicted octanol–water partition coefficient (Wildman–Crippen LogP) is 2.46. The summed E-state index contributed by atoms with van der Waals surface area (Å²) in [6, 6.07) is 4.78. The van der Waals surface area contributed by atoms with E-state index >= 15 is 0 Å². The van der Waals surface area contributed by atoms with Crippen LogP contribution in [0.25, 0.3) is 0 Å². The molecule has 1 nitrogen and oxygen atoms in total. The lowest BCUT2D eigenvalue weighted by atomic mass is 10.3. The smallest absolute Gasteiger partial charge is 0.0299 e. The summed E-state index contributed by atoms with van der Waals surface area (Å²) in [6.45, 7) is 4.42. The predicted molar refractivity (Wildman–Crippen MR) is 39.4 cm³/mol. The minimum atomic E-state index is 0.653. The van der Waals surface area contributed by atoms with Gasteiger partial charge in [-0.05, 0) is 25.5 Å². The SMILES string of the molecule is CC[C@@H](C)n1cccc1. The number of aromatic nitrogens is 1. The van der Waals surface area contributed by atoms with E-state index in [0.717, 1.165) is 0 Å². The van der Waals surface area contributed by atoms with Crippen LogP contribution in [0.3, 0.4) is 0 Å². The summed E-state index contributed by atoms with van der Waals surface area (Å²) in [5, 5.41) is 0. The Bertz CT molecular complexity index is 153. The van der Waals surface area contributed by atoms with E-state index in [9.17, 15) is 0 Å². The number of nitrogens with zero attached hydrogens (tertiary/aromatic N) is 1. The van der Waals surface area contributed by atoms with Gasteiger partial charge in [0.25, 0.3) is 0 Å². The maximum absolute atomic E-state index is 2.22. The zero-order chi connectivity index (χ0) is 6.69. The minimum absolute atomic E-state index is 0.653. The van der Waals surface area contributed by atoms with Crippen LogP contribution in [0.2, 0.25) is 0 Å². The first-order chi connectivity index (χ1) is 4.34. The first kappa shape index (κ1) is 6.40. The van der Waals surface area contributed by atoms with E-state index < -0.39 is 0 Å². The van der Waals surface area contributed by atoms with E-state index in [1.165, 1.54) is 6.42 Å². The van der Waals surface area contributed by atoms with Crippen molar-refractivity contribution in [2.75, 3.05) is 0 Å². The fourth-order valence-electron chi connectivity index (χ4n) is 0.853. The molecule has 0 aliphatic carbocycles. The molecular formula is C8H13N. The molecule has 9 heavy (non-hydrogen) atoms. The van der Waals surface area contributed by atoms with Gasteiger partial charge in [-0.3, -0.25) is 0 Å². The summed E-state index contributed by atoms with van der Waals surface area (Å²) >= 11 is 0. The summed E-state index contributed by atoms with van der Waals surface area (Å²) in [5.74, 6) is 0. The molecule has 0 saturated heterocycles. The van der Waals surface area contributed by atoms with E-state index in [4.69, 9.17) is 0 Å². The van der Waals surface area contributed by atoms with Gasteiger partial charge in [0.05, 0.1) is 0 Å². The van der Waals surface area contributed by atoms with Gasteiger partial charge in [0.1, 0.15) is 0 Å². The highest BCUT2D eigenvalue weighted by molar-refractivity contribution is 4.92. The summed E-state index contributed by atoms with van der Waals surface area (Å²) in [6.07, 6.45) is 5.41. The van der Waals surface area contributed by atoms with Crippen molar-refractivity contribution in [1.82, 2.24) is 4.57 Å². The normalized spacial score (nSPS) is 13.6. The van der Waals surface area contributed by atoms with Crippen LogP contribution in [0.5, 0.6) is 0 Å². The van der Waals surface area contributed by atoms with Gasteiger partial charge in [0, 0.05) is 18.4 Å². The van der Waals surface area contributed by atoms with Crippen LogP contribution in [0.15, 0.2) is 24.5 Å². The molecule has 0 unspecified atom stereocenters. The van der Waals surface area contributed by atoms with Crippen molar-refractivity contribution in [1.29, 1.82) is 0 Å². The van der Waals surface area contributed by atoms with Gasteiger partial charge in [-0.2, -0.15) is 0 Å². The molecule has 0 aromatic carbocycles. The minimum Gasteiger partial charge on any atom is -0.352 e. The van der Waals surface area contributed by atoms with E-state index in [1.807, 2.05) is 0 Å². The highest BCUT2D eigenvalue weighted by atomic mass is 15.0. The average Bonchev–Trinajstić information content (AvgIpc) is 2.37. The lowest BCUT2D eigenvalue weighted by Crippen LogP contribution is -1.98. The molecule has 1 rings (SSSR count). The van der Waals surface area contributed by atoms with Crippen LogP contribution in [0, 0.1) is 0 Å². The second kappa shape index (κ2) is 2.72. The molecule has 0 bridgehead atoms. The molecule has 0 amide bonds. The van der Waals surface area contributed by atoms with Crippen LogP contribution in [-0.2, 0) is 0 Å². The van der Waals surface area contributed by atoms with Gasteiger partial charge >= 0.3 is 0 Å². The summed E-state index contributed by atoms with van der Waals surface area (Å²) < 4.78 is 2.22. The molecule has 50 valence electrons. The van der Waals surface area contributed by atoms with Gasteiger partial charge in [-0.15, -0.1) is 0 Å². The molecule has 1 aromatic rings. The first-order valence-electron chi connectivity index (χ1n) is 3.47. The van der Waals surface area contributed by atoms with E-state index in [-0.39, 0.29) is 0 Å². The van der Waals surface area contributed by atoms with Crippen molar-refractivity contribution >= 4 is 0 Å². The molecule has 0 saturated carbocycles. The van der Waals surface area contributed by atoms with Crippen molar-refractivity contribution < 1.29 is 0 Å². The molecule has 1 atom stereocenters. The lowest BCUT2D eigenvalue weighted by molar-refractivity contribution is 0.533. The average molecular weight is 123 g/mol. The third-order valence-electron chi connectivity index (χ3n) is 1.73. The largest absolute Gasteiger partial charge is 0.352 e. The molecular weight excluding hydrogens is 110 g/mol. The van der Waals surface area contributed by atoms with Crippen LogP contribution < -0.4 is 0 Å². The molecule has 0 aliphatic heterocycles. The maximum Gasteiger partial charge on any atom is 0.0299 e. The summed E-state index contributed by atoms with van der Waals surface area (Å²) in [7, 11) is 0. The Hall–Kier alpha value is -0.720. The molecule has 0 fully saturated rings. The third-order valence-corrected chi connectivity index (χ3v) is 1.73. The van der Waals surface area contributed by atoms with Gasteiger partial charge < -0.3 is 4.57 Å². The second-order valence-electron chi connectivity index (χ2n) is 2.39. The zero-order valence-electron chi connectivity index (χ0n) is 6.04. The molecule has 0 N–H and O–H groups in total. The van der Waals surface area contributed by atoms with Crippen LogP contribution in [0.1, 0.15) is 26.3 Å². The Balaban J connectivity index is 2.65. The van der Waals surface area contributed by atoms with Crippen molar-refractivity contribution in [2.45, 2.75) is 26.3 Å². The maximum atomic E-state index is 2.22. The summed E-state index contributed by atoms with van der Waals surface area (Å²) in [5.41, 5.74) is 0. The molecule has 0 spiro atoms. The van der Waals surface area contributed by atoms with E-state index in [1.54, 1.807) is 0 Å². The van der Waals surface area contributed by atoms with Crippen molar-refractivity contribution in [3.05, 3.63) is 24.5 Å². The molecule has 0 aliphatic rings. The first-order valence-corrected chi connectivity index (χ1v) is 3.47. The fourth-order valence-corrected chi connectivity index (χ4v) is 0.853. The van der Waals surface area contributed by atoms with Gasteiger partial charge in [-0.25, -0.2) is 0 Å². The Kier molecular flexibility index (Phi) is 1.93. The number of rotatable bonds is 2. The van der Waals surface area contributed by atoms with Gasteiger partial charge in [-0.1, -0.05) is 6.92 Å². The quantitative estimate of drug-likeness (QED) is 0.569. The fraction of sp³-hybridized carbons (Fsp3) is 0.500. The molecule has 1 aromatic heterocycles. The molecule has 0 radical (unpaired) electrons. The standard InChI is InChI=1S/C8H13N/c1-3-8(2)9-6-4-5-7-9/h4-8H,3H2,1-2H3/t8-/m1/s1. The topological polar surface area (TPSA) is 4.93 Å².